The molecule has 0 aromatic heterocycles. The lowest BCUT2D eigenvalue weighted by atomic mass is 9.97. The van der Waals surface area contributed by atoms with E-state index in [-0.39, 0.29) is 0 Å². The lowest BCUT2D eigenvalue weighted by Gasteiger charge is -2.20. The highest BCUT2D eigenvalue weighted by Crippen LogP contribution is 2.12. The Bertz CT molecular complexity index is 206. The molecule has 0 saturated heterocycles. The summed E-state index contributed by atoms with van der Waals surface area (Å²) in [5.74, 6) is 0. The predicted octanol–water partition coefficient (Wildman–Crippen LogP) is 1.94. The third-order valence-corrected chi connectivity index (χ3v) is 2.26. The quantitative estimate of drug-likeness (QED) is 0.636. The highest BCUT2D eigenvalue weighted by Gasteiger charge is 2.19. The fraction of sp³-hybridized carbons (Fsp3) is 0.900. The van der Waals surface area contributed by atoms with E-state index in [9.17, 15) is 8.78 Å². The van der Waals surface area contributed by atoms with Gasteiger partial charge in [0.05, 0.1) is 6.07 Å². The lowest BCUT2D eigenvalue weighted by molar-refractivity contribution is 0.0159. The molecule has 0 aliphatic rings. The van der Waals surface area contributed by atoms with Gasteiger partial charge in [-0.1, -0.05) is 0 Å². The predicted molar refractivity (Wildman–Crippen MR) is 53.8 cm³/mol. The van der Waals surface area contributed by atoms with Crippen molar-refractivity contribution in [1.82, 2.24) is 5.32 Å². The average molecular weight is 220 g/mol. The Kier molecular flexibility index (Phi) is 7.18. The van der Waals surface area contributed by atoms with Crippen molar-refractivity contribution in [2.75, 3.05) is 20.3 Å². The molecule has 0 fully saturated rings. The summed E-state index contributed by atoms with van der Waals surface area (Å²) in [5.41, 5.74) is -0.525. The van der Waals surface area contributed by atoms with Gasteiger partial charge in [-0.3, -0.25) is 0 Å². The van der Waals surface area contributed by atoms with E-state index in [0.29, 0.717) is 19.4 Å². The summed E-state index contributed by atoms with van der Waals surface area (Å²) in [6, 6.07) is 2.17. The summed E-state index contributed by atoms with van der Waals surface area (Å²) in [7, 11) is 1.73. The molecule has 0 spiro atoms. The fourth-order valence-corrected chi connectivity index (χ4v) is 1.09. The SMILES string of the molecule is CNC(C)(C#N)CCCCOCC(F)F. The molecule has 3 nitrogen and oxygen atoms in total. The molecule has 1 atom stereocenters. The molecule has 1 N–H and O–H groups in total. The summed E-state index contributed by atoms with van der Waals surface area (Å²) in [5, 5.41) is 11.7. The molecule has 0 rings (SSSR count). The van der Waals surface area contributed by atoms with E-state index in [0.717, 1.165) is 6.42 Å². The van der Waals surface area contributed by atoms with Gasteiger partial charge in [0, 0.05) is 6.61 Å². The van der Waals surface area contributed by atoms with E-state index in [1.165, 1.54) is 0 Å². The number of nitriles is 1. The Hall–Kier alpha value is -0.730. The molecule has 0 amide bonds. The van der Waals surface area contributed by atoms with E-state index < -0.39 is 18.6 Å². The topological polar surface area (TPSA) is 45.0 Å². The summed E-state index contributed by atoms with van der Waals surface area (Å²) >= 11 is 0. The standard InChI is InChI=1S/C10H18F2N2O/c1-10(8-13,14-2)5-3-4-6-15-7-9(11)12/h9,14H,3-7H2,1-2H3. The second-order valence-corrected chi connectivity index (χ2v) is 3.62. The molecule has 15 heavy (non-hydrogen) atoms. The van der Waals surface area contributed by atoms with Crippen molar-refractivity contribution in [3.63, 3.8) is 0 Å². The zero-order valence-corrected chi connectivity index (χ0v) is 9.22. The van der Waals surface area contributed by atoms with Crippen molar-refractivity contribution in [2.45, 2.75) is 38.2 Å². The van der Waals surface area contributed by atoms with Crippen molar-refractivity contribution in [1.29, 1.82) is 5.26 Å². The fourth-order valence-electron chi connectivity index (χ4n) is 1.09. The molecule has 0 aromatic rings. The van der Waals surface area contributed by atoms with Crippen LogP contribution in [0.4, 0.5) is 8.78 Å². The van der Waals surface area contributed by atoms with Crippen LogP contribution in [0.1, 0.15) is 26.2 Å². The van der Waals surface area contributed by atoms with Crippen LogP contribution in [-0.2, 0) is 4.74 Å². The van der Waals surface area contributed by atoms with Gasteiger partial charge in [-0.05, 0) is 33.2 Å². The molecule has 0 radical (unpaired) electrons. The maximum Gasteiger partial charge on any atom is 0.261 e. The summed E-state index contributed by atoms with van der Waals surface area (Å²) in [4.78, 5) is 0. The molecule has 0 aliphatic carbocycles. The maximum absolute atomic E-state index is 11.7. The first-order chi connectivity index (χ1) is 7.04. The molecule has 0 heterocycles. The minimum Gasteiger partial charge on any atom is -0.376 e. The third-order valence-electron chi connectivity index (χ3n) is 2.26. The van der Waals surface area contributed by atoms with E-state index in [2.05, 4.69) is 11.4 Å². The molecular formula is C10H18F2N2O. The van der Waals surface area contributed by atoms with Crippen LogP contribution in [0.5, 0.6) is 0 Å². The number of ether oxygens (including phenoxy) is 1. The van der Waals surface area contributed by atoms with Gasteiger partial charge in [-0.15, -0.1) is 0 Å². The maximum atomic E-state index is 11.7. The van der Waals surface area contributed by atoms with Crippen LogP contribution >= 0.6 is 0 Å². The van der Waals surface area contributed by atoms with Crippen molar-refractivity contribution in [2.24, 2.45) is 0 Å². The zero-order chi connectivity index (χ0) is 11.7. The Labute approximate surface area is 89.4 Å². The van der Waals surface area contributed by atoms with Crippen LogP contribution in [-0.4, -0.2) is 32.2 Å². The van der Waals surface area contributed by atoms with Gasteiger partial charge in [0.2, 0.25) is 0 Å². The van der Waals surface area contributed by atoms with E-state index >= 15 is 0 Å². The highest BCUT2D eigenvalue weighted by atomic mass is 19.3. The second kappa shape index (κ2) is 7.55. The number of unbranched alkanes of at least 4 members (excludes halogenated alkanes) is 1. The first-order valence-electron chi connectivity index (χ1n) is 5.00. The number of hydrogen-bond acceptors (Lipinski definition) is 3. The van der Waals surface area contributed by atoms with Crippen molar-refractivity contribution in [3.8, 4) is 6.07 Å². The second-order valence-electron chi connectivity index (χ2n) is 3.62. The van der Waals surface area contributed by atoms with E-state index in [1.54, 1.807) is 7.05 Å². The Balaban J connectivity index is 3.43. The van der Waals surface area contributed by atoms with Crippen LogP contribution in [0, 0.1) is 11.3 Å². The molecule has 1 unspecified atom stereocenters. The third kappa shape index (κ3) is 7.23. The van der Waals surface area contributed by atoms with Gasteiger partial charge in [0.1, 0.15) is 12.1 Å². The number of hydrogen-bond donors (Lipinski definition) is 1. The van der Waals surface area contributed by atoms with Crippen LogP contribution in [0.25, 0.3) is 0 Å². The molecule has 0 bridgehead atoms. The van der Waals surface area contributed by atoms with Gasteiger partial charge < -0.3 is 10.1 Å². The Morgan fingerprint density at radius 1 is 1.47 bits per heavy atom. The van der Waals surface area contributed by atoms with Crippen molar-refractivity contribution < 1.29 is 13.5 Å². The molecule has 0 aliphatic heterocycles. The van der Waals surface area contributed by atoms with Gasteiger partial charge in [-0.2, -0.15) is 5.26 Å². The lowest BCUT2D eigenvalue weighted by Crippen LogP contribution is -2.37. The smallest absolute Gasteiger partial charge is 0.261 e. The minimum absolute atomic E-state index is 0.329. The number of halogens is 2. The van der Waals surface area contributed by atoms with Gasteiger partial charge >= 0.3 is 0 Å². The van der Waals surface area contributed by atoms with E-state index in [4.69, 9.17) is 10.00 Å². The largest absolute Gasteiger partial charge is 0.376 e. The normalized spacial score (nSPS) is 14.9. The monoisotopic (exact) mass is 220 g/mol. The van der Waals surface area contributed by atoms with Crippen molar-refractivity contribution in [3.05, 3.63) is 0 Å². The van der Waals surface area contributed by atoms with Gasteiger partial charge in [0.15, 0.2) is 0 Å². The molecule has 88 valence electrons. The first kappa shape index (κ1) is 14.3. The summed E-state index contributed by atoms with van der Waals surface area (Å²) in [6.07, 6.45) is -0.218. The highest BCUT2D eigenvalue weighted by molar-refractivity contribution is 5.02. The summed E-state index contributed by atoms with van der Waals surface area (Å²) in [6.45, 7) is 1.64. The van der Waals surface area contributed by atoms with Crippen LogP contribution in [0.3, 0.4) is 0 Å². The van der Waals surface area contributed by atoms with Gasteiger partial charge in [-0.25, -0.2) is 8.78 Å². The van der Waals surface area contributed by atoms with Gasteiger partial charge in [0.25, 0.3) is 6.43 Å². The van der Waals surface area contributed by atoms with E-state index in [1.807, 2.05) is 6.92 Å². The number of nitrogens with zero attached hydrogens (tertiary/aromatic N) is 1. The first-order valence-corrected chi connectivity index (χ1v) is 5.00. The summed E-state index contributed by atoms with van der Waals surface area (Å²) < 4.78 is 28.1. The minimum atomic E-state index is -2.40. The van der Waals surface area contributed by atoms with Crippen LogP contribution < -0.4 is 5.32 Å². The molecule has 5 heteroatoms. The van der Waals surface area contributed by atoms with Crippen molar-refractivity contribution >= 4 is 0 Å². The Morgan fingerprint density at radius 3 is 2.60 bits per heavy atom. The Morgan fingerprint density at radius 2 is 2.13 bits per heavy atom. The van der Waals surface area contributed by atoms with Crippen LogP contribution in [0.2, 0.25) is 0 Å². The molecule has 0 aromatic carbocycles. The molecular weight excluding hydrogens is 202 g/mol. The average Bonchev–Trinajstić information content (AvgIpc) is 2.22. The zero-order valence-electron chi connectivity index (χ0n) is 9.22. The number of nitrogens with one attached hydrogen (secondary N) is 1. The number of alkyl halides is 2. The molecule has 0 saturated carbocycles. The van der Waals surface area contributed by atoms with Crippen LogP contribution in [0.15, 0.2) is 0 Å². The number of rotatable bonds is 8.